The average molecular weight is 294 g/mol. The zero-order chi connectivity index (χ0) is 15.6. The van der Waals surface area contributed by atoms with Gasteiger partial charge in [0.1, 0.15) is 0 Å². The summed E-state index contributed by atoms with van der Waals surface area (Å²) >= 11 is 0. The molecule has 22 heavy (non-hydrogen) atoms. The lowest BCUT2D eigenvalue weighted by Crippen LogP contribution is -2.39. The second-order valence-electron chi connectivity index (χ2n) is 6.38. The van der Waals surface area contributed by atoms with E-state index in [9.17, 15) is 4.79 Å². The minimum Gasteiger partial charge on any atom is -0.351 e. The normalized spacial score (nSPS) is 13.7. The predicted molar refractivity (Wildman–Crippen MR) is 88.3 cm³/mol. The van der Waals surface area contributed by atoms with Gasteiger partial charge in [-0.3, -0.25) is 4.79 Å². The SMILES string of the molecule is CC(C)(C(=O)NCc1ccc2c(c1)CNC2)c1ccccc1. The summed E-state index contributed by atoms with van der Waals surface area (Å²) in [5.74, 6) is 0.0531. The van der Waals surface area contributed by atoms with Gasteiger partial charge in [0.25, 0.3) is 0 Å². The number of amides is 1. The van der Waals surface area contributed by atoms with Gasteiger partial charge in [-0.1, -0.05) is 48.5 Å². The van der Waals surface area contributed by atoms with Gasteiger partial charge in [-0.15, -0.1) is 0 Å². The van der Waals surface area contributed by atoms with Gasteiger partial charge < -0.3 is 10.6 Å². The summed E-state index contributed by atoms with van der Waals surface area (Å²) in [5.41, 5.74) is 4.36. The van der Waals surface area contributed by atoms with E-state index in [1.165, 1.54) is 11.1 Å². The van der Waals surface area contributed by atoms with E-state index in [-0.39, 0.29) is 5.91 Å². The molecule has 3 nitrogen and oxygen atoms in total. The smallest absolute Gasteiger partial charge is 0.230 e. The summed E-state index contributed by atoms with van der Waals surface area (Å²) in [7, 11) is 0. The molecule has 1 aliphatic heterocycles. The fraction of sp³-hybridized carbons (Fsp3) is 0.316. The maximum atomic E-state index is 12.5. The number of hydrogen-bond donors (Lipinski definition) is 2. The molecule has 1 aliphatic rings. The van der Waals surface area contributed by atoms with Crippen molar-refractivity contribution in [1.82, 2.24) is 10.6 Å². The third-order valence-corrected chi connectivity index (χ3v) is 4.42. The number of carbonyl (C=O) groups excluding carboxylic acids is 1. The highest BCUT2D eigenvalue weighted by Gasteiger charge is 2.29. The van der Waals surface area contributed by atoms with Crippen LogP contribution in [0.5, 0.6) is 0 Å². The lowest BCUT2D eigenvalue weighted by Gasteiger charge is -2.24. The van der Waals surface area contributed by atoms with E-state index in [2.05, 4.69) is 28.8 Å². The van der Waals surface area contributed by atoms with Crippen molar-refractivity contribution in [2.45, 2.75) is 38.9 Å². The Morgan fingerprint density at radius 3 is 2.59 bits per heavy atom. The van der Waals surface area contributed by atoms with Gasteiger partial charge in [0.2, 0.25) is 5.91 Å². The van der Waals surface area contributed by atoms with Crippen molar-refractivity contribution < 1.29 is 4.79 Å². The molecule has 0 aliphatic carbocycles. The van der Waals surface area contributed by atoms with Crippen LogP contribution in [0.2, 0.25) is 0 Å². The Labute approximate surface area is 131 Å². The first-order valence-corrected chi connectivity index (χ1v) is 7.72. The summed E-state index contributed by atoms with van der Waals surface area (Å²) in [4.78, 5) is 12.5. The van der Waals surface area contributed by atoms with Crippen molar-refractivity contribution in [2.24, 2.45) is 0 Å². The van der Waals surface area contributed by atoms with Crippen LogP contribution in [0.15, 0.2) is 48.5 Å². The molecule has 114 valence electrons. The molecule has 0 atom stereocenters. The molecule has 2 aromatic carbocycles. The van der Waals surface area contributed by atoms with Crippen LogP contribution in [0.25, 0.3) is 0 Å². The summed E-state index contributed by atoms with van der Waals surface area (Å²) in [6.45, 7) is 6.37. The monoisotopic (exact) mass is 294 g/mol. The second-order valence-corrected chi connectivity index (χ2v) is 6.38. The molecule has 0 saturated carbocycles. The van der Waals surface area contributed by atoms with E-state index in [0.717, 1.165) is 24.2 Å². The lowest BCUT2D eigenvalue weighted by atomic mass is 9.83. The summed E-state index contributed by atoms with van der Waals surface area (Å²) in [6.07, 6.45) is 0. The molecule has 3 rings (SSSR count). The van der Waals surface area contributed by atoms with Crippen molar-refractivity contribution in [3.8, 4) is 0 Å². The summed E-state index contributed by atoms with van der Waals surface area (Å²) in [6, 6.07) is 16.3. The molecule has 0 saturated heterocycles. The summed E-state index contributed by atoms with van der Waals surface area (Å²) < 4.78 is 0. The first-order chi connectivity index (χ1) is 10.6. The number of hydrogen-bond acceptors (Lipinski definition) is 2. The lowest BCUT2D eigenvalue weighted by molar-refractivity contribution is -0.125. The molecule has 3 heteroatoms. The Hall–Kier alpha value is -2.13. The van der Waals surface area contributed by atoms with Crippen molar-refractivity contribution in [1.29, 1.82) is 0 Å². The van der Waals surface area contributed by atoms with Gasteiger partial charge in [-0.05, 0) is 36.1 Å². The molecule has 0 fully saturated rings. The van der Waals surface area contributed by atoms with E-state index in [1.807, 2.05) is 44.2 Å². The van der Waals surface area contributed by atoms with E-state index in [1.54, 1.807) is 0 Å². The zero-order valence-corrected chi connectivity index (χ0v) is 13.1. The fourth-order valence-electron chi connectivity index (χ4n) is 2.85. The average Bonchev–Trinajstić information content (AvgIpc) is 3.01. The third kappa shape index (κ3) is 2.90. The number of benzene rings is 2. The molecular formula is C19H22N2O. The molecule has 0 radical (unpaired) electrons. The minimum atomic E-state index is -0.528. The highest BCUT2D eigenvalue weighted by molar-refractivity contribution is 5.87. The Kier molecular flexibility index (Phi) is 3.99. The number of rotatable bonds is 4. The Morgan fingerprint density at radius 2 is 1.82 bits per heavy atom. The zero-order valence-electron chi connectivity index (χ0n) is 13.1. The van der Waals surface area contributed by atoms with Gasteiger partial charge in [0, 0.05) is 19.6 Å². The van der Waals surface area contributed by atoms with Crippen LogP contribution < -0.4 is 10.6 Å². The van der Waals surface area contributed by atoms with Gasteiger partial charge in [0.15, 0.2) is 0 Å². The molecule has 0 unspecified atom stereocenters. The Morgan fingerprint density at radius 1 is 1.09 bits per heavy atom. The van der Waals surface area contributed by atoms with Gasteiger partial charge >= 0.3 is 0 Å². The van der Waals surface area contributed by atoms with Gasteiger partial charge in [0.05, 0.1) is 5.41 Å². The van der Waals surface area contributed by atoms with Crippen LogP contribution >= 0.6 is 0 Å². The van der Waals surface area contributed by atoms with E-state index < -0.39 is 5.41 Å². The molecule has 0 bridgehead atoms. The van der Waals surface area contributed by atoms with Crippen LogP contribution in [0.3, 0.4) is 0 Å². The van der Waals surface area contributed by atoms with Crippen LogP contribution in [-0.4, -0.2) is 5.91 Å². The van der Waals surface area contributed by atoms with Crippen molar-refractivity contribution in [3.05, 3.63) is 70.8 Å². The number of fused-ring (bicyclic) bond motifs is 1. The molecule has 1 amide bonds. The fourth-order valence-corrected chi connectivity index (χ4v) is 2.85. The van der Waals surface area contributed by atoms with Crippen LogP contribution in [0.1, 0.15) is 36.1 Å². The molecular weight excluding hydrogens is 272 g/mol. The number of nitrogens with one attached hydrogen (secondary N) is 2. The molecule has 2 aromatic rings. The quantitative estimate of drug-likeness (QED) is 0.910. The Bertz CT molecular complexity index is 677. The first kappa shape index (κ1) is 14.8. The van der Waals surface area contributed by atoms with Crippen molar-refractivity contribution in [2.75, 3.05) is 0 Å². The van der Waals surface area contributed by atoms with E-state index in [4.69, 9.17) is 0 Å². The topological polar surface area (TPSA) is 41.1 Å². The van der Waals surface area contributed by atoms with Gasteiger partial charge in [-0.25, -0.2) is 0 Å². The molecule has 1 heterocycles. The molecule has 2 N–H and O–H groups in total. The van der Waals surface area contributed by atoms with Crippen LogP contribution in [-0.2, 0) is 29.8 Å². The minimum absolute atomic E-state index is 0.0531. The highest BCUT2D eigenvalue weighted by Crippen LogP contribution is 2.23. The maximum Gasteiger partial charge on any atom is 0.230 e. The summed E-state index contributed by atoms with van der Waals surface area (Å²) in [5, 5.41) is 6.41. The van der Waals surface area contributed by atoms with Crippen LogP contribution in [0, 0.1) is 0 Å². The molecule has 0 aromatic heterocycles. The van der Waals surface area contributed by atoms with Crippen LogP contribution in [0.4, 0.5) is 0 Å². The second kappa shape index (κ2) is 5.93. The largest absolute Gasteiger partial charge is 0.351 e. The molecule has 0 spiro atoms. The Balaban J connectivity index is 1.67. The van der Waals surface area contributed by atoms with E-state index in [0.29, 0.717) is 6.54 Å². The number of carbonyl (C=O) groups is 1. The standard InChI is InChI=1S/C19H22N2O/c1-19(2,17-6-4-3-5-7-17)18(22)21-11-14-8-9-15-12-20-13-16(15)10-14/h3-10,20H,11-13H2,1-2H3,(H,21,22). The first-order valence-electron chi connectivity index (χ1n) is 7.72. The van der Waals surface area contributed by atoms with Gasteiger partial charge in [-0.2, -0.15) is 0 Å². The van der Waals surface area contributed by atoms with E-state index >= 15 is 0 Å². The van der Waals surface area contributed by atoms with Crippen molar-refractivity contribution >= 4 is 5.91 Å². The third-order valence-electron chi connectivity index (χ3n) is 4.42. The van der Waals surface area contributed by atoms with Crippen molar-refractivity contribution in [3.63, 3.8) is 0 Å². The highest BCUT2D eigenvalue weighted by atomic mass is 16.2. The predicted octanol–water partition coefficient (Wildman–Crippen LogP) is 2.88. The maximum absolute atomic E-state index is 12.5.